The monoisotopic (exact) mass is 386 g/mol. The van der Waals surface area contributed by atoms with Gasteiger partial charge in [-0.3, -0.25) is 4.79 Å². The summed E-state index contributed by atoms with van der Waals surface area (Å²) in [4.78, 5) is 18.8. The molecular weight excluding hydrogens is 360 g/mol. The van der Waals surface area contributed by atoms with Crippen molar-refractivity contribution in [1.82, 2.24) is 9.88 Å². The van der Waals surface area contributed by atoms with Crippen LogP contribution in [-0.2, 0) is 4.79 Å². The number of H-pyrrole nitrogens is 1. The number of halogens is 1. The number of aromatic amines is 1. The molecule has 4 fully saturated rings. The van der Waals surface area contributed by atoms with Gasteiger partial charge in [0.1, 0.15) is 0 Å². The van der Waals surface area contributed by atoms with Gasteiger partial charge in [0.2, 0.25) is 5.91 Å². The normalized spacial score (nSPS) is 33.0. The van der Waals surface area contributed by atoms with Gasteiger partial charge in [-0.15, -0.1) is 0 Å². The zero-order valence-corrected chi connectivity index (χ0v) is 16.5. The van der Waals surface area contributed by atoms with Gasteiger partial charge in [-0.1, -0.05) is 24.6 Å². The van der Waals surface area contributed by atoms with E-state index in [-0.39, 0.29) is 23.8 Å². The number of aromatic nitrogens is 1. The largest absolute Gasteiger partial charge is 0.396 e. The van der Waals surface area contributed by atoms with Gasteiger partial charge in [-0.05, 0) is 67.1 Å². The number of nitrogens with zero attached hydrogens (tertiary/aromatic N) is 1. The maximum absolute atomic E-state index is 13.3. The smallest absolute Gasteiger partial charge is 0.223 e. The second-order valence-electron chi connectivity index (χ2n) is 9.23. The molecule has 2 aliphatic heterocycles. The molecule has 0 radical (unpaired) electrons. The minimum absolute atomic E-state index is 0.0866. The molecule has 5 heteroatoms. The fraction of sp³-hybridized carbons (Fsp3) is 0.591. The quantitative estimate of drug-likeness (QED) is 0.814. The lowest BCUT2D eigenvalue weighted by Gasteiger charge is -2.61. The molecular formula is C22H27ClN2O2. The first kappa shape index (κ1) is 17.6. The van der Waals surface area contributed by atoms with Gasteiger partial charge >= 0.3 is 0 Å². The third-order valence-electron chi connectivity index (χ3n) is 7.38. The summed E-state index contributed by atoms with van der Waals surface area (Å²) in [7, 11) is 0. The topological polar surface area (TPSA) is 56.3 Å². The fourth-order valence-corrected chi connectivity index (χ4v) is 6.70. The summed E-state index contributed by atoms with van der Waals surface area (Å²) in [5.41, 5.74) is 2.24. The molecule has 3 atom stereocenters. The van der Waals surface area contributed by atoms with Crippen molar-refractivity contribution in [2.24, 2.45) is 11.3 Å². The minimum Gasteiger partial charge on any atom is -0.396 e. The number of carbonyl (C=O) groups is 1. The number of piperidine rings is 2. The maximum Gasteiger partial charge on any atom is 0.223 e. The van der Waals surface area contributed by atoms with Crippen molar-refractivity contribution in [2.45, 2.75) is 63.5 Å². The maximum atomic E-state index is 13.3. The van der Waals surface area contributed by atoms with Gasteiger partial charge in [0.15, 0.2) is 0 Å². The van der Waals surface area contributed by atoms with E-state index in [0.717, 1.165) is 53.6 Å². The highest BCUT2D eigenvalue weighted by molar-refractivity contribution is 6.35. The van der Waals surface area contributed by atoms with Crippen molar-refractivity contribution in [1.29, 1.82) is 0 Å². The SMILES string of the molecule is CC(CC(=O)N1C2CC3CC1CC(CO)(C3)C2)c1c[nH]c2cccc(Cl)c12. The van der Waals surface area contributed by atoms with Crippen LogP contribution in [0.1, 0.15) is 56.9 Å². The van der Waals surface area contributed by atoms with Gasteiger partial charge in [0.05, 0.1) is 5.02 Å². The number of aliphatic hydroxyl groups is 1. The molecule has 2 saturated heterocycles. The molecule has 144 valence electrons. The highest BCUT2D eigenvalue weighted by Gasteiger charge is 2.55. The first-order chi connectivity index (χ1) is 13.0. The van der Waals surface area contributed by atoms with Crippen molar-refractivity contribution in [3.8, 4) is 0 Å². The van der Waals surface area contributed by atoms with E-state index < -0.39 is 0 Å². The second-order valence-corrected chi connectivity index (χ2v) is 9.64. The Kier molecular flexibility index (Phi) is 4.07. The van der Waals surface area contributed by atoms with Crippen LogP contribution in [0.3, 0.4) is 0 Å². The molecule has 2 N–H and O–H groups in total. The van der Waals surface area contributed by atoms with Crippen LogP contribution in [0.2, 0.25) is 5.02 Å². The minimum atomic E-state index is 0.0866. The standard InChI is InChI=1S/C22H27ClN2O2/c1-13(17-11-24-19-4-2-3-18(23)21(17)19)5-20(27)25-15-6-14-7-16(25)10-22(8-14,9-15)12-26/h2-4,11,13-16,24,26H,5-10,12H2,1H3. The first-order valence-electron chi connectivity index (χ1n) is 10.2. The van der Waals surface area contributed by atoms with Crippen LogP contribution in [0.4, 0.5) is 0 Å². The zero-order chi connectivity index (χ0) is 18.8. The molecule has 1 aromatic heterocycles. The summed E-state index contributed by atoms with van der Waals surface area (Å²) in [6, 6.07) is 6.53. The van der Waals surface area contributed by atoms with Crippen LogP contribution in [0.25, 0.3) is 10.9 Å². The van der Waals surface area contributed by atoms with Crippen LogP contribution >= 0.6 is 11.6 Å². The highest BCUT2D eigenvalue weighted by Crippen LogP contribution is 2.56. The summed E-state index contributed by atoms with van der Waals surface area (Å²) in [6.45, 7) is 2.40. The van der Waals surface area contributed by atoms with E-state index in [0.29, 0.717) is 24.4 Å². The molecule has 27 heavy (non-hydrogen) atoms. The van der Waals surface area contributed by atoms with Crippen LogP contribution in [-0.4, -0.2) is 39.6 Å². The molecule has 2 saturated carbocycles. The van der Waals surface area contributed by atoms with E-state index in [1.165, 1.54) is 0 Å². The summed E-state index contributed by atoms with van der Waals surface area (Å²) < 4.78 is 0. The first-order valence-corrected chi connectivity index (χ1v) is 10.5. The van der Waals surface area contributed by atoms with Crippen molar-refractivity contribution >= 4 is 28.4 Å². The summed E-state index contributed by atoms with van der Waals surface area (Å²) in [6.07, 6.45) is 7.88. The van der Waals surface area contributed by atoms with Crippen molar-refractivity contribution in [3.05, 3.63) is 35.0 Å². The lowest BCUT2D eigenvalue weighted by molar-refractivity contribution is -0.162. The fourth-order valence-electron chi connectivity index (χ4n) is 6.42. The zero-order valence-electron chi connectivity index (χ0n) is 15.7. The molecule has 4 aliphatic rings. The Bertz CT molecular complexity index is 876. The van der Waals surface area contributed by atoms with Crippen molar-refractivity contribution < 1.29 is 9.90 Å². The van der Waals surface area contributed by atoms with E-state index in [2.05, 4.69) is 16.8 Å². The van der Waals surface area contributed by atoms with E-state index >= 15 is 0 Å². The van der Waals surface area contributed by atoms with Gasteiger partial charge in [-0.25, -0.2) is 0 Å². The average Bonchev–Trinajstić information content (AvgIpc) is 3.06. The van der Waals surface area contributed by atoms with Crippen LogP contribution in [0, 0.1) is 11.3 Å². The van der Waals surface area contributed by atoms with Gasteiger partial charge in [0, 0.05) is 42.2 Å². The molecule has 4 bridgehead atoms. The van der Waals surface area contributed by atoms with Crippen LogP contribution < -0.4 is 0 Å². The number of carbonyl (C=O) groups excluding carboxylic acids is 1. The number of hydrogen-bond acceptors (Lipinski definition) is 2. The summed E-state index contributed by atoms with van der Waals surface area (Å²) in [5, 5.41) is 11.7. The van der Waals surface area contributed by atoms with E-state index in [1.54, 1.807) is 0 Å². The van der Waals surface area contributed by atoms with Gasteiger partial charge < -0.3 is 15.0 Å². The Morgan fingerprint density at radius 3 is 2.78 bits per heavy atom. The molecule has 1 amide bonds. The number of benzene rings is 1. The number of amides is 1. The molecule has 2 aromatic rings. The Balaban J connectivity index is 1.36. The summed E-state index contributed by atoms with van der Waals surface area (Å²) >= 11 is 6.42. The molecule has 0 spiro atoms. The average molecular weight is 387 g/mol. The Morgan fingerprint density at radius 1 is 1.33 bits per heavy atom. The number of rotatable bonds is 4. The van der Waals surface area contributed by atoms with Crippen LogP contribution in [0.5, 0.6) is 0 Å². The highest BCUT2D eigenvalue weighted by atomic mass is 35.5. The van der Waals surface area contributed by atoms with Gasteiger partial charge in [-0.2, -0.15) is 0 Å². The Hall–Kier alpha value is -1.52. The predicted molar refractivity (Wildman–Crippen MR) is 107 cm³/mol. The second kappa shape index (κ2) is 6.25. The molecule has 2 aliphatic carbocycles. The van der Waals surface area contributed by atoms with Crippen molar-refractivity contribution in [3.63, 3.8) is 0 Å². The number of aliphatic hydroxyl groups excluding tert-OH is 1. The van der Waals surface area contributed by atoms with Gasteiger partial charge in [0.25, 0.3) is 0 Å². The van der Waals surface area contributed by atoms with E-state index in [1.807, 2.05) is 24.4 Å². The number of hydrogen-bond donors (Lipinski definition) is 2. The molecule has 3 unspecified atom stereocenters. The molecule has 3 heterocycles. The molecule has 1 aromatic carbocycles. The number of nitrogens with one attached hydrogen (secondary N) is 1. The Labute approximate surface area is 164 Å². The Morgan fingerprint density at radius 2 is 2.07 bits per heavy atom. The summed E-state index contributed by atoms with van der Waals surface area (Å²) in [5.74, 6) is 1.09. The van der Waals surface area contributed by atoms with E-state index in [4.69, 9.17) is 11.6 Å². The predicted octanol–water partition coefficient (Wildman–Crippen LogP) is 4.47. The van der Waals surface area contributed by atoms with Crippen LogP contribution in [0.15, 0.2) is 24.4 Å². The molecule has 4 nitrogen and oxygen atoms in total. The molecule has 6 rings (SSSR count). The number of fused-ring (bicyclic) bond motifs is 1. The third-order valence-corrected chi connectivity index (χ3v) is 7.69. The van der Waals surface area contributed by atoms with E-state index in [9.17, 15) is 9.90 Å². The lowest BCUT2D eigenvalue weighted by Crippen LogP contribution is -2.64. The third kappa shape index (κ3) is 2.72. The lowest BCUT2D eigenvalue weighted by atomic mass is 9.55. The van der Waals surface area contributed by atoms with Crippen molar-refractivity contribution in [2.75, 3.05) is 6.61 Å².